The quantitative estimate of drug-likeness (QED) is 0.779. The van der Waals surface area contributed by atoms with Gasteiger partial charge < -0.3 is 21.1 Å². The van der Waals surface area contributed by atoms with Crippen LogP contribution in [-0.2, 0) is 4.74 Å². The SMILES string of the molecule is CCOC(=O)c1sc(N(C)CC(C)C)c(C(N)=O)c1N. The molecule has 1 aromatic heterocycles. The molecule has 1 rings (SSSR count). The fraction of sp³-hybridized carbons (Fsp3) is 0.538. The molecule has 4 N–H and O–H groups in total. The molecule has 0 spiro atoms. The Bertz CT molecular complexity index is 511. The molecule has 1 aromatic rings. The van der Waals surface area contributed by atoms with Crippen molar-refractivity contribution >= 4 is 33.9 Å². The van der Waals surface area contributed by atoms with Crippen LogP contribution in [0.3, 0.4) is 0 Å². The Morgan fingerprint density at radius 1 is 1.40 bits per heavy atom. The lowest BCUT2D eigenvalue weighted by molar-refractivity contribution is 0.0533. The van der Waals surface area contributed by atoms with Gasteiger partial charge >= 0.3 is 5.97 Å². The van der Waals surface area contributed by atoms with Gasteiger partial charge in [0.1, 0.15) is 9.88 Å². The zero-order valence-corrected chi connectivity index (χ0v) is 13.0. The summed E-state index contributed by atoms with van der Waals surface area (Å²) >= 11 is 1.14. The molecule has 7 heteroatoms. The van der Waals surface area contributed by atoms with Gasteiger partial charge in [-0.15, -0.1) is 11.3 Å². The maximum absolute atomic E-state index is 11.8. The van der Waals surface area contributed by atoms with Gasteiger partial charge in [0.05, 0.1) is 17.9 Å². The minimum absolute atomic E-state index is 0.103. The lowest BCUT2D eigenvalue weighted by Gasteiger charge is -2.20. The third-order valence-electron chi connectivity index (χ3n) is 2.62. The second kappa shape index (κ2) is 6.60. The molecule has 0 fully saturated rings. The summed E-state index contributed by atoms with van der Waals surface area (Å²) in [5.41, 5.74) is 11.6. The Labute approximate surface area is 122 Å². The van der Waals surface area contributed by atoms with Crippen molar-refractivity contribution < 1.29 is 14.3 Å². The molecule has 0 aliphatic rings. The number of thiophene rings is 1. The average Bonchev–Trinajstić information content (AvgIpc) is 2.66. The van der Waals surface area contributed by atoms with Gasteiger partial charge in [0.15, 0.2) is 0 Å². The number of hydrogen-bond donors (Lipinski definition) is 2. The van der Waals surface area contributed by atoms with E-state index < -0.39 is 11.9 Å². The van der Waals surface area contributed by atoms with Crippen molar-refractivity contribution in [1.29, 1.82) is 0 Å². The van der Waals surface area contributed by atoms with Crippen molar-refractivity contribution in [3.05, 3.63) is 10.4 Å². The number of rotatable bonds is 6. The van der Waals surface area contributed by atoms with E-state index in [1.54, 1.807) is 6.92 Å². The highest BCUT2D eigenvalue weighted by atomic mass is 32.1. The minimum atomic E-state index is -0.639. The first-order chi connectivity index (χ1) is 9.29. The molecular formula is C13H21N3O3S. The monoisotopic (exact) mass is 299 g/mol. The van der Waals surface area contributed by atoms with E-state index >= 15 is 0 Å². The van der Waals surface area contributed by atoms with Crippen molar-refractivity contribution in [3.8, 4) is 0 Å². The molecule has 20 heavy (non-hydrogen) atoms. The first-order valence-corrected chi connectivity index (χ1v) is 7.21. The predicted molar refractivity (Wildman–Crippen MR) is 81.3 cm³/mol. The number of nitrogen functional groups attached to an aromatic ring is 1. The van der Waals surface area contributed by atoms with Crippen molar-refractivity contribution in [2.24, 2.45) is 11.7 Å². The first kappa shape index (κ1) is 16.3. The number of carbonyl (C=O) groups is 2. The van der Waals surface area contributed by atoms with Gasteiger partial charge in [-0.1, -0.05) is 13.8 Å². The number of anilines is 2. The average molecular weight is 299 g/mol. The summed E-state index contributed by atoms with van der Waals surface area (Å²) in [4.78, 5) is 25.5. The van der Waals surface area contributed by atoms with Crippen molar-refractivity contribution in [2.75, 3.05) is 30.8 Å². The third kappa shape index (κ3) is 3.41. The van der Waals surface area contributed by atoms with Crippen LogP contribution >= 0.6 is 11.3 Å². The standard InChI is InChI=1S/C13H21N3O3S/c1-5-19-13(18)10-9(14)8(11(15)17)12(20-10)16(4)6-7(2)3/h7H,5-6,14H2,1-4H3,(H2,15,17). The number of nitrogens with zero attached hydrogens (tertiary/aromatic N) is 1. The molecular weight excluding hydrogens is 278 g/mol. The Morgan fingerprint density at radius 2 is 2.00 bits per heavy atom. The summed E-state index contributed by atoms with van der Waals surface area (Å²) in [5, 5.41) is 0.603. The van der Waals surface area contributed by atoms with Gasteiger partial charge in [-0.2, -0.15) is 0 Å². The second-order valence-electron chi connectivity index (χ2n) is 4.88. The lowest BCUT2D eigenvalue weighted by Crippen LogP contribution is -2.25. The molecule has 0 saturated carbocycles. The van der Waals surface area contributed by atoms with Crippen LogP contribution in [-0.4, -0.2) is 32.1 Å². The van der Waals surface area contributed by atoms with Crippen molar-refractivity contribution in [1.82, 2.24) is 0 Å². The van der Waals surface area contributed by atoms with Crippen LogP contribution in [0.5, 0.6) is 0 Å². The lowest BCUT2D eigenvalue weighted by atomic mass is 10.2. The van der Waals surface area contributed by atoms with Crippen LogP contribution in [0.15, 0.2) is 0 Å². The number of esters is 1. The molecule has 0 unspecified atom stereocenters. The number of carbonyl (C=O) groups excluding carboxylic acids is 2. The fourth-order valence-electron chi connectivity index (χ4n) is 1.92. The number of nitrogens with two attached hydrogens (primary N) is 2. The van der Waals surface area contributed by atoms with E-state index in [9.17, 15) is 9.59 Å². The summed E-state index contributed by atoms with van der Waals surface area (Å²) in [6.45, 7) is 6.80. The molecule has 1 heterocycles. The Hall–Kier alpha value is -1.76. The Balaban J connectivity index is 3.26. The van der Waals surface area contributed by atoms with E-state index in [-0.39, 0.29) is 22.7 Å². The van der Waals surface area contributed by atoms with Crippen molar-refractivity contribution in [3.63, 3.8) is 0 Å². The summed E-state index contributed by atoms with van der Waals surface area (Å²) in [7, 11) is 1.84. The summed E-state index contributed by atoms with van der Waals surface area (Å²) in [6.07, 6.45) is 0. The molecule has 0 saturated heterocycles. The largest absolute Gasteiger partial charge is 0.462 e. The number of ether oxygens (including phenoxy) is 1. The van der Waals surface area contributed by atoms with E-state index in [4.69, 9.17) is 16.2 Å². The molecule has 0 aromatic carbocycles. The Morgan fingerprint density at radius 3 is 2.45 bits per heavy atom. The summed E-state index contributed by atoms with van der Waals surface area (Å²) in [6, 6.07) is 0. The minimum Gasteiger partial charge on any atom is -0.462 e. The molecule has 0 bridgehead atoms. The molecule has 6 nitrogen and oxygen atoms in total. The van der Waals surface area contributed by atoms with Crippen LogP contribution in [0.1, 0.15) is 40.8 Å². The van der Waals surface area contributed by atoms with Gasteiger partial charge in [0.2, 0.25) is 0 Å². The molecule has 0 aliphatic heterocycles. The molecule has 0 atom stereocenters. The highest BCUT2D eigenvalue weighted by Crippen LogP contribution is 2.38. The van der Waals surface area contributed by atoms with E-state index in [2.05, 4.69) is 13.8 Å². The van der Waals surface area contributed by atoms with Crippen LogP contribution < -0.4 is 16.4 Å². The van der Waals surface area contributed by atoms with Crippen molar-refractivity contribution in [2.45, 2.75) is 20.8 Å². The smallest absolute Gasteiger partial charge is 0.350 e. The number of amides is 1. The number of primary amides is 1. The molecule has 1 amide bonds. The van der Waals surface area contributed by atoms with Gasteiger partial charge in [-0.05, 0) is 12.8 Å². The van der Waals surface area contributed by atoms with Gasteiger partial charge in [0.25, 0.3) is 5.91 Å². The zero-order valence-electron chi connectivity index (χ0n) is 12.2. The molecule has 0 aliphatic carbocycles. The Kier molecular flexibility index (Phi) is 5.38. The van der Waals surface area contributed by atoms with Gasteiger partial charge in [-0.25, -0.2) is 4.79 Å². The van der Waals surface area contributed by atoms with Crippen LogP contribution in [0, 0.1) is 5.92 Å². The van der Waals surface area contributed by atoms with E-state index in [0.717, 1.165) is 17.9 Å². The number of hydrogen-bond acceptors (Lipinski definition) is 6. The van der Waals surface area contributed by atoms with Crippen LogP contribution in [0.25, 0.3) is 0 Å². The molecule has 112 valence electrons. The summed E-state index contributed by atoms with van der Waals surface area (Å²) in [5.74, 6) is -0.767. The topological polar surface area (TPSA) is 98.6 Å². The summed E-state index contributed by atoms with van der Waals surface area (Å²) < 4.78 is 4.94. The van der Waals surface area contributed by atoms with Gasteiger partial charge in [-0.3, -0.25) is 4.79 Å². The van der Waals surface area contributed by atoms with Crippen LogP contribution in [0.2, 0.25) is 0 Å². The normalized spacial score (nSPS) is 10.7. The predicted octanol–water partition coefficient (Wildman–Crippen LogP) is 1.70. The highest BCUT2D eigenvalue weighted by molar-refractivity contribution is 7.19. The maximum Gasteiger partial charge on any atom is 0.350 e. The van der Waals surface area contributed by atoms with E-state index in [0.29, 0.717) is 10.9 Å². The van der Waals surface area contributed by atoms with Gasteiger partial charge in [0, 0.05) is 13.6 Å². The zero-order chi connectivity index (χ0) is 15.4. The third-order valence-corrected chi connectivity index (χ3v) is 3.92. The van der Waals surface area contributed by atoms with Crippen LogP contribution in [0.4, 0.5) is 10.7 Å². The molecule has 0 radical (unpaired) electrons. The second-order valence-corrected chi connectivity index (χ2v) is 5.88. The highest BCUT2D eigenvalue weighted by Gasteiger charge is 2.26. The maximum atomic E-state index is 11.8. The van der Waals surface area contributed by atoms with E-state index in [1.807, 2.05) is 11.9 Å². The fourth-order valence-corrected chi connectivity index (χ4v) is 3.01. The first-order valence-electron chi connectivity index (χ1n) is 6.39. The van der Waals surface area contributed by atoms with E-state index in [1.165, 1.54) is 0 Å².